The van der Waals surface area contributed by atoms with Gasteiger partial charge < -0.3 is 15.2 Å². The number of carbonyl (C=O) groups excluding carboxylic acids is 1. The Hall–Kier alpha value is -0.910. The molecule has 0 aromatic rings. The minimum absolute atomic E-state index is 0.510. The maximum atomic E-state index is 11.5. The van der Waals surface area contributed by atoms with Gasteiger partial charge in [0.2, 0.25) is 0 Å². The molecule has 1 amide bonds. The maximum absolute atomic E-state index is 11.5. The van der Waals surface area contributed by atoms with Crippen molar-refractivity contribution in [1.29, 1.82) is 0 Å². The molecule has 0 rings (SSSR count). The first-order valence-corrected chi connectivity index (χ1v) is 2.86. The molecule has 0 aromatic carbocycles. The Morgan fingerprint density at radius 3 is 2.64 bits per heavy atom. The summed E-state index contributed by atoms with van der Waals surface area (Å²) in [6.07, 6.45) is -5.54. The lowest BCUT2D eigenvalue weighted by molar-refractivity contribution is -0.00290. The summed E-state index contributed by atoms with van der Waals surface area (Å²) in [7, 11) is 1.10. The van der Waals surface area contributed by atoms with Crippen molar-refractivity contribution in [2.45, 2.75) is 12.5 Å². The molecule has 2 N–H and O–H groups in total. The summed E-state index contributed by atoms with van der Waals surface area (Å²) in [5.41, 5.74) is 0. The molecule has 6 heteroatoms. The van der Waals surface area contributed by atoms with Crippen molar-refractivity contribution in [3.63, 3.8) is 0 Å². The Bertz CT molecular complexity index is 131. The van der Waals surface area contributed by atoms with Gasteiger partial charge in [-0.1, -0.05) is 0 Å². The van der Waals surface area contributed by atoms with E-state index in [1.165, 1.54) is 0 Å². The standard InChI is InChI=1S/C5H9F2NO3/c1-11-5(10)8-2-3(9)4(6)7/h3-4,9H,2H2,1H3,(H,8,10). The van der Waals surface area contributed by atoms with Crippen molar-refractivity contribution in [2.75, 3.05) is 13.7 Å². The summed E-state index contributed by atoms with van der Waals surface area (Å²) in [5, 5.41) is 10.4. The normalized spacial score (nSPS) is 12.8. The highest BCUT2D eigenvalue weighted by atomic mass is 19.3. The third kappa shape index (κ3) is 4.49. The fourth-order valence-electron chi connectivity index (χ4n) is 0.349. The van der Waals surface area contributed by atoms with E-state index in [-0.39, 0.29) is 0 Å². The summed E-state index contributed by atoms with van der Waals surface area (Å²) >= 11 is 0. The molecule has 0 fully saturated rings. The van der Waals surface area contributed by atoms with Gasteiger partial charge in [-0.25, -0.2) is 13.6 Å². The van der Waals surface area contributed by atoms with Crippen molar-refractivity contribution >= 4 is 6.09 Å². The van der Waals surface area contributed by atoms with Crippen LogP contribution in [0.5, 0.6) is 0 Å². The molecule has 1 unspecified atom stereocenters. The summed E-state index contributed by atoms with van der Waals surface area (Å²) in [4.78, 5) is 10.2. The fourth-order valence-corrected chi connectivity index (χ4v) is 0.349. The number of hydrogen-bond acceptors (Lipinski definition) is 3. The molecule has 1 atom stereocenters. The van der Waals surface area contributed by atoms with Crippen molar-refractivity contribution in [1.82, 2.24) is 5.32 Å². The predicted molar refractivity (Wildman–Crippen MR) is 32.4 cm³/mol. The first kappa shape index (κ1) is 10.1. The van der Waals surface area contributed by atoms with Gasteiger partial charge >= 0.3 is 6.09 Å². The zero-order valence-corrected chi connectivity index (χ0v) is 5.88. The molecule has 0 aliphatic carbocycles. The van der Waals surface area contributed by atoms with Gasteiger partial charge in [0, 0.05) is 0 Å². The summed E-state index contributed by atoms with van der Waals surface area (Å²) in [6, 6.07) is 0. The average molecular weight is 169 g/mol. The number of aliphatic hydroxyl groups is 1. The number of carbonyl (C=O) groups is 1. The van der Waals surface area contributed by atoms with E-state index in [1.54, 1.807) is 0 Å². The second-order valence-corrected chi connectivity index (χ2v) is 1.77. The summed E-state index contributed by atoms with van der Waals surface area (Å²) in [6.45, 7) is -0.510. The molecule has 0 radical (unpaired) electrons. The van der Waals surface area contributed by atoms with Crippen LogP contribution >= 0.6 is 0 Å². The van der Waals surface area contributed by atoms with Crippen LogP contribution in [0.15, 0.2) is 0 Å². The lowest BCUT2D eigenvalue weighted by Crippen LogP contribution is -2.35. The highest BCUT2D eigenvalue weighted by Crippen LogP contribution is 1.98. The topological polar surface area (TPSA) is 58.6 Å². The zero-order valence-electron chi connectivity index (χ0n) is 5.88. The Balaban J connectivity index is 3.45. The molecule has 66 valence electrons. The number of alkyl halides is 2. The van der Waals surface area contributed by atoms with Crippen LogP contribution in [0.2, 0.25) is 0 Å². The van der Waals surface area contributed by atoms with Crippen LogP contribution in [0, 0.1) is 0 Å². The first-order chi connectivity index (χ1) is 5.07. The minimum atomic E-state index is -2.85. The molecule has 0 saturated carbocycles. The molecular weight excluding hydrogens is 160 g/mol. The largest absolute Gasteiger partial charge is 0.453 e. The second-order valence-electron chi connectivity index (χ2n) is 1.77. The Morgan fingerprint density at radius 1 is 1.73 bits per heavy atom. The van der Waals surface area contributed by atoms with Gasteiger partial charge in [0.05, 0.1) is 13.7 Å². The van der Waals surface area contributed by atoms with E-state index in [2.05, 4.69) is 4.74 Å². The third-order valence-electron chi connectivity index (χ3n) is 0.932. The number of amides is 1. The lowest BCUT2D eigenvalue weighted by atomic mass is 10.4. The number of aliphatic hydroxyl groups excluding tert-OH is 1. The van der Waals surface area contributed by atoms with Gasteiger partial charge in [0.1, 0.15) is 6.10 Å². The second kappa shape index (κ2) is 4.84. The third-order valence-corrected chi connectivity index (χ3v) is 0.932. The zero-order chi connectivity index (χ0) is 8.85. The molecule has 11 heavy (non-hydrogen) atoms. The number of alkyl carbamates (subject to hydrolysis) is 1. The van der Waals surface area contributed by atoms with E-state index in [1.807, 2.05) is 5.32 Å². The molecule has 0 aromatic heterocycles. The van der Waals surface area contributed by atoms with E-state index < -0.39 is 25.2 Å². The Labute approximate surface area is 62.1 Å². The van der Waals surface area contributed by atoms with Crippen molar-refractivity contribution in [2.24, 2.45) is 0 Å². The molecule has 0 aliphatic heterocycles. The van der Waals surface area contributed by atoms with Gasteiger partial charge in [-0.2, -0.15) is 0 Å². The highest BCUT2D eigenvalue weighted by Gasteiger charge is 2.17. The van der Waals surface area contributed by atoms with Crippen molar-refractivity contribution in [3.8, 4) is 0 Å². The van der Waals surface area contributed by atoms with Crippen LogP contribution in [0.25, 0.3) is 0 Å². The molecule has 0 saturated heterocycles. The van der Waals surface area contributed by atoms with Gasteiger partial charge in [0.15, 0.2) is 0 Å². The average Bonchev–Trinajstić information content (AvgIpc) is 1.99. The lowest BCUT2D eigenvalue weighted by Gasteiger charge is -2.08. The van der Waals surface area contributed by atoms with E-state index in [9.17, 15) is 13.6 Å². The van der Waals surface area contributed by atoms with Crippen LogP contribution in [-0.2, 0) is 4.74 Å². The summed E-state index contributed by atoms with van der Waals surface area (Å²) < 4.78 is 27.2. The van der Waals surface area contributed by atoms with Crippen molar-refractivity contribution < 1.29 is 23.4 Å². The Morgan fingerprint density at radius 2 is 2.27 bits per heavy atom. The smallest absolute Gasteiger partial charge is 0.406 e. The van der Waals surface area contributed by atoms with Crippen LogP contribution < -0.4 is 5.32 Å². The van der Waals surface area contributed by atoms with E-state index in [4.69, 9.17) is 5.11 Å². The molecule has 4 nitrogen and oxygen atoms in total. The molecule has 0 spiro atoms. The minimum Gasteiger partial charge on any atom is -0.453 e. The number of ether oxygens (including phenoxy) is 1. The molecular formula is C5H9F2NO3. The number of hydrogen-bond donors (Lipinski definition) is 2. The number of halogens is 2. The van der Waals surface area contributed by atoms with Crippen molar-refractivity contribution in [3.05, 3.63) is 0 Å². The SMILES string of the molecule is COC(=O)NCC(O)C(F)F. The molecule has 0 heterocycles. The predicted octanol–water partition coefficient (Wildman–Crippen LogP) is -0.0316. The quantitative estimate of drug-likeness (QED) is 0.623. The number of nitrogens with one attached hydrogen (secondary N) is 1. The first-order valence-electron chi connectivity index (χ1n) is 2.86. The van der Waals surface area contributed by atoms with E-state index in [0.717, 1.165) is 7.11 Å². The van der Waals surface area contributed by atoms with Crippen LogP contribution in [0.4, 0.5) is 13.6 Å². The monoisotopic (exact) mass is 169 g/mol. The molecule has 0 aliphatic rings. The highest BCUT2D eigenvalue weighted by molar-refractivity contribution is 5.66. The molecule has 0 bridgehead atoms. The number of rotatable bonds is 3. The fraction of sp³-hybridized carbons (Fsp3) is 0.800. The van der Waals surface area contributed by atoms with E-state index in [0.29, 0.717) is 0 Å². The van der Waals surface area contributed by atoms with Gasteiger partial charge in [0.25, 0.3) is 6.43 Å². The van der Waals surface area contributed by atoms with Gasteiger partial charge in [-0.3, -0.25) is 0 Å². The van der Waals surface area contributed by atoms with E-state index >= 15 is 0 Å². The van der Waals surface area contributed by atoms with Gasteiger partial charge in [-0.15, -0.1) is 0 Å². The number of methoxy groups -OCH3 is 1. The van der Waals surface area contributed by atoms with Crippen LogP contribution in [0.1, 0.15) is 0 Å². The maximum Gasteiger partial charge on any atom is 0.406 e. The van der Waals surface area contributed by atoms with Crippen LogP contribution in [-0.4, -0.2) is 37.4 Å². The summed E-state index contributed by atoms with van der Waals surface area (Å²) in [5.74, 6) is 0. The van der Waals surface area contributed by atoms with Crippen LogP contribution in [0.3, 0.4) is 0 Å². The Kier molecular flexibility index (Phi) is 4.44. The van der Waals surface area contributed by atoms with Gasteiger partial charge in [-0.05, 0) is 0 Å².